The Hall–Kier alpha value is -3.65. The van der Waals surface area contributed by atoms with Crippen LogP contribution in [0.5, 0.6) is 0 Å². The molecule has 152 valence electrons. The van der Waals surface area contributed by atoms with Crippen molar-refractivity contribution in [1.82, 2.24) is 4.98 Å². The summed E-state index contributed by atoms with van der Waals surface area (Å²) >= 11 is 1.18. The van der Waals surface area contributed by atoms with Crippen molar-refractivity contribution in [2.45, 2.75) is 19.8 Å². The van der Waals surface area contributed by atoms with Crippen LogP contribution in [0.15, 0.2) is 69.8 Å². The van der Waals surface area contributed by atoms with Gasteiger partial charge in [0.2, 0.25) is 5.89 Å². The SMILES string of the molecule is CC(C)c1cnc(-c2ccc(NC(=O)c3ccc(NC(=O)c4ccco4)s3)cc2)o1. The maximum atomic E-state index is 12.5. The van der Waals surface area contributed by atoms with E-state index < -0.39 is 0 Å². The number of carbonyl (C=O) groups is 2. The number of hydrogen-bond acceptors (Lipinski definition) is 6. The minimum absolute atomic E-state index is 0.209. The second-order valence-corrected chi connectivity index (χ2v) is 7.93. The van der Waals surface area contributed by atoms with Gasteiger partial charge in [0, 0.05) is 17.2 Å². The Morgan fingerprint density at radius 3 is 2.47 bits per heavy atom. The number of aromatic nitrogens is 1. The van der Waals surface area contributed by atoms with Crippen LogP contribution in [-0.4, -0.2) is 16.8 Å². The van der Waals surface area contributed by atoms with E-state index in [0.29, 0.717) is 21.5 Å². The van der Waals surface area contributed by atoms with Crippen LogP contribution in [-0.2, 0) is 0 Å². The van der Waals surface area contributed by atoms with Crippen LogP contribution in [0.3, 0.4) is 0 Å². The van der Waals surface area contributed by atoms with E-state index in [2.05, 4.69) is 15.6 Å². The molecule has 0 saturated heterocycles. The molecule has 3 aromatic heterocycles. The standard InChI is InChI=1S/C22H19N3O4S/c1-13(2)17-12-23-22(29-17)14-5-7-15(8-6-14)24-21(27)18-9-10-19(30-18)25-20(26)16-4-3-11-28-16/h3-13H,1-2H3,(H,24,27)(H,25,26). The molecular weight excluding hydrogens is 402 g/mol. The first-order chi connectivity index (χ1) is 14.5. The number of anilines is 2. The van der Waals surface area contributed by atoms with Gasteiger partial charge in [-0.05, 0) is 48.5 Å². The number of amides is 2. The molecule has 0 aliphatic rings. The van der Waals surface area contributed by atoms with Crippen LogP contribution in [0.2, 0.25) is 0 Å². The molecule has 8 heteroatoms. The smallest absolute Gasteiger partial charge is 0.291 e. The monoisotopic (exact) mass is 421 g/mol. The van der Waals surface area contributed by atoms with Gasteiger partial charge in [-0.15, -0.1) is 11.3 Å². The van der Waals surface area contributed by atoms with Crippen LogP contribution in [0.1, 0.15) is 45.8 Å². The van der Waals surface area contributed by atoms with Crippen molar-refractivity contribution in [2.24, 2.45) is 0 Å². The third kappa shape index (κ3) is 4.33. The highest BCUT2D eigenvalue weighted by atomic mass is 32.1. The summed E-state index contributed by atoms with van der Waals surface area (Å²) in [6.45, 7) is 4.09. The third-order valence-electron chi connectivity index (χ3n) is 4.29. The van der Waals surface area contributed by atoms with Gasteiger partial charge in [0.25, 0.3) is 11.8 Å². The van der Waals surface area contributed by atoms with Gasteiger partial charge < -0.3 is 19.5 Å². The van der Waals surface area contributed by atoms with Crippen molar-refractivity contribution in [2.75, 3.05) is 10.6 Å². The highest BCUT2D eigenvalue weighted by molar-refractivity contribution is 7.18. The minimum Gasteiger partial charge on any atom is -0.459 e. The van der Waals surface area contributed by atoms with Crippen molar-refractivity contribution in [3.05, 3.63) is 77.4 Å². The lowest BCUT2D eigenvalue weighted by molar-refractivity contribution is 0.0995. The summed E-state index contributed by atoms with van der Waals surface area (Å²) in [6.07, 6.45) is 3.16. The molecule has 0 saturated carbocycles. The Morgan fingerprint density at radius 1 is 1.00 bits per heavy atom. The van der Waals surface area contributed by atoms with Gasteiger partial charge in [0.15, 0.2) is 5.76 Å². The number of rotatable bonds is 6. The van der Waals surface area contributed by atoms with Crippen molar-refractivity contribution in [1.29, 1.82) is 0 Å². The maximum Gasteiger partial charge on any atom is 0.291 e. The highest BCUT2D eigenvalue weighted by Crippen LogP contribution is 2.26. The zero-order chi connectivity index (χ0) is 21.1. The van der Waals surface area contributed by atoms with Gasteiger partial charge in [-0.2, -0.15) is 0 Å². The van der Waals surface area contributed by atoms with E-state index in [1.54, 1.807) is 42.6 Å². The summed E-state index contributed by atoms with van der Waals surface area (Å²) in [5.41, 5.74) is 1.48. The van der Waals surface area contributed by atoms with E-state index in [9.17, 15) is 9.59 Å². The average Bonchev–Trinajstić information content (AvgIpc) is 3.49. The minimum atomic E-state index is -0.364. The van der Waals surface area contributed by atoms with E-state index in [1.807, 2.05) is 26.0 Å². The zero-order valence-electron chi connectivity index (χ0n) is 16.3. The summed E-state index contributed by atoms with van der Waals surface area (Å²) in [7, 11) is 0. The number of carbonyl (C=O) groups excluding carboxylic acids is 2. The Kier molecular flexibility index (Phi) is 5.49. The van der Waals surface area contributed by atoms with Gasteiger partial charge >= 0.3 is 0 Å². The van der Waals surface area contributed by atoms with Crippen molar-refractivity contribution >= 4 is 33.8 Å². The summed E-state index contributed by atoms with van der Waals surface area (Å²) in [5.74, 6) is 1.23. The molecule has 4 aromatic rings. The molecule has 0 bridgehead atoms. The molecule has 0 atom stereocenters. The predicted molar refractivity (Wildman–Crippen MR) is 115 cm³/mol. The van der Waals surface area contributed by atoms with Crippen LogP contribution in [0.4, 0.5) is 10.7 Å². The molecule has 0 aliphatic carbocycles. The fourth-order valence-corrected chi connectivity index (χ4v) is 3.48. The number of thiophene rings is 1. The number of nitrogens with one attached hydrogen (secondary N) is 2. The molecule has 0 fully saturated rings. The second kappa shape index (κ2) is 8.38. The summed E-state index contributed by atoms with van der Waals surface area (Å²) in [6, 6.07) is 13.8. The lowest BCUT2D eigenvalue weighted by Crippen LogP contribution is -2.10. The summed E-state index contributed by atoms with van der Waals surface area (Å²) in [4.78, 5) is 29.3. The van der Waals surface area contributed by atoms with Crippen LogP contribution < -0.4 is 10.6 Å². The molecule has 3 heterocycles. The maximum absolute atomic E-state index is 12.5. The topological polar surface area (TPSA) is 97.4 Å². The van der Waals surface area contributed by atoms with Gasteiger partial charge in [0.1, 0.15) is 5.76 Å². The molecule has 0 unspecified atom stereocenters. The lowest BCUT2D eigenvalue weighted by atomic mass is 10.2. The van der Waals surface area contributed by atoms with Gasteiger partial charge in [-0.3, -0.25) is 9.59 Å². The third-order valence-corrected chi connectivity index (χ3v) is 5.29. The van der Waals surface area contributed by atoms with E-state index >= 15 is 0 Å². The normalized spacial score (nSPS) is 10.9. The van der Waals surface area contributed by atoms with Crippen molar-refractivity contribution in [3.8, 4) is 11.5 Å². The largest absolute Gasteiger partial charge is 0.459 e. The Morgan fingerprint density at radius 2 is 1.80 bits per heavy atom. The first kappa shape index (κ1) is 19.7. The Labute approximate surface area is 176 Å². The Balaban J connectivity index is 1.39. The quantitative estimate of drug-likeness (QED) is 0.421. The molecule has 2 N–H and O–H groups in total. The van der Waals surface area contributed by atoms with E-state index in [0.717, 1.165) is 11.3 Å². The first-order valence-electron chi connectivity index (χ1n) is 9.32. The van der Waals surface area contributed by atoms with Crippen LogP contribution in [0.25, 0.3) is 11.5 Å². The molecular formula is C22H19N3O4S. The molecule has 0 radical (unpaired) electrons. The summed E-state index contributed by atoms with van der Waals surface area (Å²) < 4.78 is 10.8. The number of nitrogens with zero attached hydrogens (tertiary/aromatic N) is 1. The van der Waals surface area contributed by atoms with Crippen LogP contribution >= 0.6 is 11.3 Å². The highest BCUT2D eigenvalue weighted by Gasteiger charge is 2.14. The van der Waals surface area contributed by atoms with Gasteiger partial charge in [-0.25, -0.2) is 4.98 Å². The average molecular weight is 421 g/mol. The fraction of sp³-hybridized carbons (Fsp3) is 0.136. The number of furan rings is 1. The van der Waals surface area contributed by atoms with Crippen LogP contribution in [0, 0.1) is 0 Å². The van der Waals surface area contributed by atoms with Gasteiger partial charge in [-0.1, -0.05) is 13.8 Å². The zero-order valence-corrected chi connectivity index (χ0v) is 17.2. The molecule has 0 spiro atoms. The van der Waals surface area contributed by atoms with Crippen molar-refractivity contribution < 1.29 is 18.4 Å². The number of hydrogen-bond donors (Lipinski definition) is 2. The molecule has 7 nitrogen and oxygen atoms in total. The predicted octanol–water partition coefficient (Wildman–Crippen LogP) is 5.62. The summed E-state index contributed by atoms with van der Waals surface area (Å²) in [5, 5.41) is 6.11. The number of benzene rings is 1. The van der Waals surface area contributed by atoms with Crippen molar-refractivity contribution in [3.63, 3.8) is 0 Å². The molecule has 1 aromatic carbocycles. The lowest BCUT2D eigenvalue weighted by Gasteiger charge is -2.04. The fourth-order valence-electron chi connectivity index (χ4n) is 2.68. The Bertz CT molecular complexity index is 1160. The molecule has 0 aliphatic heterocycles. The number of oxazole rings is 1. The molecule has 2 amide bonds. The van der Waals surface area contributed by atoms with E-state index in [1.165, 1.54) is 17.6 Å². The molecule has 4 rings (SSSR count). The van der Waals surface area contributed by atoms with Gasteiger partial charge in [0.05, 0.1) is 22.3 Å². The van der Waals surface area contributed by atoms with E-state index in [-0.39, 0.29) is 23.5 Å². The van der Waals surface area contributed by atoms with E-state index in [4.69, 9.17) is 8.83 Å². The molecule has 30 heavy (non-hydrogen) atoms. The second-order valence-electron chi connectivity index (χ2n) is 6.85. The first-order valence-corrected chi connectivity index (χ1v) is 10.1.